The first kappa shape index (κ1) is 15.5. The normalized spacial score (nSPS) is 9.73. The van der Waals surface area contributed by atoms with Crippen LogP contribution in [0.3, 0.4) is 0 Å². The van der Waals surface area contributed by atoms with Gasteiger partial charge in [0.25, 0.3) is 5.91 Å². The van der Waals surface area contributed by atoms with Crippen LogP contribution in [0.2, 0.25) is 5.15 Å². The third-order valence-corrected chi connectivity index (χ3v) is 3.03. The van der Waals surface area contributed by atoms with E-state index in [1.807, 2.05) is 6.07 Å². The summed E-state index contributed by atoms with van der Waals surface area (Å²) in [5.74, 6) is 0.247. The summed E-state index contributed by atoms with van der Waals surface area (Å²) in [6.45, 7) is 0. The minimum absolute atomic E-state index is 0.213. The van der Waals surface area contributed by atoms with E-state index in [0.29, 0.717) is 17.1 Å². The van der Waals surface area contributed by atoms with Gasteiger partial charge in [0.15, 0.2) is 11.6 Å². The van der Waals surface area contributed by atoms with E-state index in [0.717, 1.165) is 0 Å². The molecule has 0 aromatic carbocycles. The van der Waals surface area contributed by atoms with E-state index >= 15 is 0 Å². The second-order valence-corrected chi connectivity index (χ2v) is 4.50. The number of nitrogens with zero attached hydrogens (tertiary/aromatic N) is 3. The third kappa shape index (κ3) is 3.07. The van der Waals surface area contributed by atoms with Crippen molar-refractivity contribution >= 4 is 29.0 Å². The summed E-state index contributed by atoms with van der Waals surface area (Å²) in [5.41, 5.74) is 1.01. The summed E-state index contributed by atoms with van der Waals surface area (Å²) in [7, 11) is 2.94. The number of amides is 1. The number of nitrogens with one attached hydrogen (secondary N) is 2. The Morgan fingerprint density at radius 3 is 2.86 bits per heavy atom. The van der Waals surface area contributed by atoms with Crippen LogP contribution < -0.4 is 15.4 Å². The van der Waals surface area contributed by atoms with Crippen molar-refractivity contribution in [2.75, 3.05) is 19.5 Å². The highest BCUT2D eigenvalue weighted by atomic mass is 35.5. The third-order valence-electron chi connectivity index (χ3n) is 2.82. The van der Waals surface area contributed by atoms with Crippen molar-refractivity contribution in [2.45, 2.75) is 0 Å². The lowest BCUT2D eigenvalue weighted by Crippen LogP contribution is -2.19. The van der Waals surface area contributed by atoms with Crippen LogP contribution in [0, 0.1) is 11.3 Å². The number of nitriles is 1. The van der Waals surface area contributed by atoms with Crippen molar-refractivity contribution in [3.63, 3.8) is 0 Å². The molecule has 0 bridgehead atoms. The number of aromatic nitrogens is 2. The molecular weight excluding hydrogens is 306 g/mol. The molecule has 0 atom stereocenters. The van der Waals surface area contributed by atoms with Crippen LogP contribution in [0.1, 0.15) is 15.9 Å². The minimum Gasteiger partial charge on any atom is -0.492 e. The standard InChI is InChI=1S/C14H12ClN5O2/c1-17-14(21)9-7-19-11(15)5-10(9)20-13-12(22-2)8(6-16)3-4-18-13/h3-5,7H,1-2H3,(H,17,21)(H,18,19,20). The quantitative estimate of drug-likeness (QED) is 0.838. The number of carbonyl (C=O) groups excluding carboxylic acids is 1. The van der Waals surface area contributed by atoms with Gasteiger partial charge in [0.2, 0.25) is 0 Å². The molecule has 1 amide bonds. The Balaban J connectivity index is 2.50. The van der Waals surface area contributed by atoms with Crippen LogP contribution in [0.25, 0.3) is 0 Å². The Kier molecular flexibility index (Phi) is 4.76. The second-order valence-electron chi connectivity index (χ2n) is 4.11. The van der Waals surface area contributed by atoms with Gasteiger partial charge in [-0.15, -0.1) is 0 Å². The van der Waals surface area contributed by atoms with Crippen LogP contribution >= 0.6 is 11.6 Å². The van der Waals surface area contributed by atoms with Gasteiger partial charge in [0.1, 0.15) is 11.2 Å². The lowest BCUT2D eigenvalue weighted by Gasteiger charge is -2.13. The van der Waals surface area contributed by atoms with Gasteiger partial charge in [-0.05, 0) is 12.1 Å². The molecule has 2 rings (SSSR count). The predicted octanol–water partition coefficient (Wildman–Crippen LogP) is 2.11. The highest BCUT2D eigenvalue weighted by molar-refractivity contribution is 6.29. The Morgan fingerprint density at radius 2 is 2.23 bits per heavy atom. The number of hydrogen-bond donors (Lipinski definition) is 2. The number of pyridine rings is 2. The molecule has 2 heterocycles. The zero-order valence-corrected chi connectivity index (χ0v) is 12.6. The number of anilines is 2. The van der Waals surface area contributed by atoms with Gasteiger partial charge in [0.05, 0.1) is 23.9 Å². The van der Waals surface area contributed by atoms with Gasteiger partial charge in [-0.2, -0.15) is 5.26 Å². The number of carbonyl (C=O) groups is 1. The monoisotopic (exact) mass is 317 g/mol. The van der Waals surface area contributed by atoms with E-state index in [-0.39, 0.29) is 22.4 Å². The molecule has 7 nitrogen and oxygen atoms in total. The molecule has 0 aliphatic carbocycles. The molecule has 8 heteroatoms. The first-order valence-electron chi connectivity index (χ1n) is 6.18. The zero-order chi connectivity index (χ0) is 16.1. The number of methoxy groups -OCH3 is 1. The molecule has 112 valence electrons. The summed E-state index contributed by atoms with van der Waals surface area (Å²) in [6, 6.07) is 5.03. The number of rotatable bonds is 4. The van der Waals surface area contributed by atoms with Crippen molar-refractivity contribution in [1.29, 1.82) is 5.26 Å². The fourth-order valence-corrected chi connectivity index (χ4v) is 1.97. The van der Waals surface area contributed by atoms with Crippen molar-refractivity contribution < 1.29 is 9.53 Å². The average Bonchev–Trinajstić information content (AvgIpc) is 2.54. The largest absolute Gasteiger partial charge is 0.492 e. The summed E-state index contributed by atoms with van der Waals surface area (Å²) >= 11 is 5.88. The first-order valence-corrected chi connectivity index (χ1v) is 6.56. The molecule has 0 fully saturated rings. The summed E-state index contributed by atoms with van der Waals surface area (Å²) in [4.78, 5) is 19.9. The zero-order valence-electron chi connectivity index (χ0n) is 11.8. The fourth-order valence-electron chi connectivity index (χ4n) is 1.81. The van der Waals surface area contributed by atoms with Crippen LogP contribution in [-0.4, -0.2) is 30.0 Å². The van der Waals surface area contributed by atoms with Gasteiger partial charge in [-0.25, -0.2) is 9.97 Å². The molecule has 2 N–H and O–H groups in total. The van der Waals surface area contributed by atoms with E-state index < -0.39 is 0 Å². The summed E-state index contributed by atoms with van der Waals surface area (Å²) < 4.78 is 5.20. The van der Waals surface area contributed by atoms with E-state index in [4.69, 9.17) is 21.6 Å². The first-order chi connectivity index (χ1) is 10.6. The van der Waals surface area contributed by atoms with Gasteiger partial charge < -0.3 is 15.4 Å². The van der Waals surface area contributed by atoms with Gasteiger partial charge in [0, 0.05) is 19.4 Å². The summed E-state index contributed by atoms with van der Waals surface area (Å²) in [6.07, 6.45) is 2.82. The Labute approximate surface area is 131 Å². The Morgan fingerprint density at radius 1 is 1.45 bits per heavy atom. The van der Waals surface area contributed by atoms with Crippen LogP contribution in [0.5, 0.6) is 5.75 Å². The summed E-state index contributed by atoms with van der Waals surface area (Å²) in [5, 5.41) is 14.8. The molecule has 0 saturated carbocycles. The Hall–Kier alpha value is -2.85. The molecule has 0 saturated heterocycles. The maximum atomic E-state index is 11.9. The molecule has 2 aromatic rings. The van der Waals surface area contributed by atoms with E-state index in [1.165, 1.54) is 38.7 Å². The molecule has 0 aliphatic rings. The van der Waals surface area contributed by atoms with E-state index in [1.54, 1.807) is 0 Å². The van der Waals surface area contributed by atoms with Crippen LogP contribution in [0.15, 0.2) is 24.5 Å². The number of ether oxygens (including phenoxy) is 1. The fraction of sp³-hybridized carbons (Fsp3) is 0.143. The molecule has 0 radical (unpaired) electrons. The van der Waals surface area contributed by atoms with Crippen molar-refractivity contribution in [2.24, 2.45) is 0 Å². The molecule has 0 aliphatic heterocycles. The molecule has 2 aromatic heterocycles. The minimum atomic E-state index is -0.331. The molecule has 22 heavy (non-hydrogen) atoms. The van der Waals surface area contributed by atoms with Crippen molar-refractivity contribution in [3.05, 3.63) is 40.8 Å². The highest BCUT2D eigenvalue weighted by Crippen LogP contribution is 2.30. The van der Waals surface area contributed by atoms with E-state index in [2.05, 4.69) is 20.6 Å². The van der Waals surface area contributed by atoms with Gasteiger partial charge >= 0.3 is 0 Å². The molecular formula is C14H12ClN5O2. The highest BCUT2D eigenvalue weighted by Gasteiger charge is 2.16. The van der Waals surface area contributed by atoms with Crippen molar-refractivity contribution in [3.8, 4) is 11.8 Å². The predicted molar refractivity (Wildman–Crippen MR) is 81.4 cm³/mol. The topological polar surface area (TPSA) is 99.9 Å². The Bertz CT molecular complexity index is 757. The maximum Gasteiger partial charge on any atom is 0.254 e. The maximum absolute atomic E-state index is 11.9. The lowest BCUT2D eigenvalue weighted by molar-refractivity contribution is 0.0963. The SMILES string of the molecule is CNC(=O)c1cnc(Cl)cc1Nc1nccc(C#N)c1OC. The van der Waals surface area contributed by atoms with Crippen LogP contribution in [-0.2, 0) is 0 Å². The lowest BCUT2D eigenvalue weighted by atomic mass is 10.2. The van der Waals surface area contributed by atoms with E-state index in [9.17, 15) is 4.79 Å². The van der Waals surface area contributed by atoms with Crippen molar-refractivity contribution in [1.82, 2.24) is 15.3 Å². The second kappa shape index (κ2) is 6.74. The number of hydrogen-bond acceptors (Lipinski definition) is 6. The molecule has 0 spiro atoms. The van der Waals surface area contributed by atoms with Crippen LogP contribution in [0.4, 0.5) is 11.5 Å². The molecule has 0 unspecified atom stereocenters. The van der Waals surface area contributed by atoms with Gasteiger partial charge in [-0.1, -0.05) is 11.6 Å². The average molecular weight is 318 g/mol. The smallest absolute Gasteiger partial charge is 0.254 e. The van der Waals surface area contributed by atoms with Gasteiger partial charge in [-0.3, -0.25) is 4.79 Å². The number of halogens is 1.